The molecule has 1 rings (SSSR count). The van der Waals surface area contributed by atoms with Crippen molar-refractivity contribution in [2.24, 2.45) is 0 Å². The Morgan fingerprint density at radius 1 is 0.783 bits per heavy atom. The molecule has 0 saturated carbocycles. The quantitative estimate of drug-likeness (QED) is 0.211. The molecule has 132 valence electrons. The first-order chi connectivity index (χ1) is 10.8. The molecule has 0 heterocycles. The monoisotopic (exact) mass is 354 g/mol. The molecule has 0 bridgehead atoms. The molecule has 0 radical (unpaired) electrons. The summed E-state index contributed by atoms with van der Waals surface area (Å²) in [5, 5.41) is 0. The molecule has 0 saturated heterocycles. The highest BCUT2D eigenvalue weighted by Gasteiger charge is 2.26. The molecule has 0 aliphatic heterocycles. The Bertz CT molecular complexity index is 494. The van der Waals surface area contributed by atoms with Crippen LogP contribution in [-0.4, -0.2) is 16.1 Å². The molecule has 0 aliphatic rings. The molecule has 23 heavy (non-hydrogen) atoms. The van der Waals surface area contributed by atoms with Gasteiger partial charge < -0.3 is 4.43 Å². The summed E-state index contributed by atoms with van der Waals surface area (Å²) in [6.45, 7) is 4.10. The normalized spacial score (nSPS) is 12.1. The van der Waals surface area contributed by atoms with Gasteiger partial charge in [-0.2, -0.15) is 0 Å². The molecular formula is C16H23F5OSi. The van der Waals surface area contributed by atoms with Crippen LogP contribution >= 0.6 is 0 Å². The third kappa shape index (κ3) is 4.53. The van der Waals surface area contributed by atoms with Crippen LogP contribution < -0.4 is 0 Å². The van der Waals surface area contributed by atoms with Crippen molar-refractivity contribution in [2.75, 3.05) is 0 Å². The first-order valence-corrected chi connectivity index (χ1v) is 8.70. The summed E-state index contributed by atoms with van der Waals surface area (Å²) < 4.78 is 71.9. The van der Waals surface area contributed by atoms with Crippen molar-refractivity contribution in [1.82, 2.24) is 0 Å². The van der Waals surface area contributed by atoms with Crippen molar-refractivity contribution in [3.05, 3.63) is 34.6 Å². The molecule has 1 aromatic carbocycles. The minimum absolute atomic E-state index is 0.142. The van der Waals surface area contributed by atoms with Crippen LogP contribution in [0.3, 0.4) is 0 Å². The van der Waals surface area contributed by atoms with Gasteiger partial charge in [0.25, 0.3) is 0 Å². The van der Waals surface area contributed by atoms with E-state index in [-0.39, 0.29) is 12.0 Å². The predicted molar refractivity (Wildman–Crippen MR) is 82.7 cm³/mol. The van der Waals surface area contributed by atoms with E-state index in [0.717, 1.165) is 25.7 Å². The van der Waals surface area contributed by atoms with Gasteiger partial charge >= 0.3 is 0 Å². The van der Waals surface area contributed by atoms with Crippen molar-refractivity contribution in [1.29, 1.82) is 0 Å². The van der Waals surface area contributed by atoms with Gasteiger partial charge in [-0.25, -0.2) is 22.0 Å². The molecule has 7 heteroatoms. The molecule has 0 aliphatic carbocycles. The average molecular weight is 354 g/mol. The average Bonchev–Trinajstić information content (AvgIpc) is 2.57. The Kier molecular flexibility index (Phi) is 7.67. The van der Waals surface area contributed by atoms with Crippen LogP contribution in [0.2, 0.25) is 0 Å². The van der Waals surface area contributed by atoms with Crippen molar-refractivity contribution in [3.8, 4) is 0 Å². The lowest BCUT2D eigenvalue weighted by Gasteiger charge is -2.31. The van der Waals surface area contributed by atoms with Gasteiger partial charge in [-0.05, 0) is 32.1 Å². The summed E-state index contributed by atoms with van der Waals surface area (Å²) in [6.07, 6.45) is 4.25. The molecule has 1 nitrogen and oxygen atoms in total. The highest BCUT2D eigenvalue weighted by atomic mass is 28.2. The minimum Gasteiger partial charge on any atom is -0.422 e. The topological polar surface area (TPSA) is 9.23 Å². The molecule has 0 aromatic heterocycles. The maximum absolute atomic E-state index is 13.5. The molecule has 0 amide bonds. The maximum atomic E-state index is 13.5. The number of unbranched alkanes of at least 4 members (excludes halogenated alkanes) is 2. The third-order valence-corrected chi connectivity index (χ3v) is 5.45. The SMILES string of the molecule is CCC(CC)(CCCCCc1c(F)c(F)c(F)c(F)c1F)O[SiH3]. The van der Waals surface area contributed by atoms with Gasteiger partial charge in [0, 0.05) is 5.56 Å². The Balaban J connectivity index is 2.61. The van der Waals surface area contributed by atoms with Gasteiger partial charge in [-0.15, -0.1) is 0 Å². The molecule has 0 spiro atoms. The van der Waals surface area contributed by atoms with Gasteiger partial charge in [-0.1, -0.05) is 26.7 Å². The second-order valence-electron chi connectivity index (χ2n) is 5.70. The van der Waals surface area contributed by atoms with E-state index in [4.69, 9.17) is 4.43 Å². The van der Waals surface area contributed by atoms with Crippen LogP contribution in [0.4, 0.5) is 22.0 Å². The van der Waals surface area contributed by atoms with Gasteiger partial charge in [0.1, 0.15) is 10.5 Å². The second-order valence-corrected chi connectivity index (χ2v) is 6.11. The van der Waals surface area contributed by atoms with Crippen LogP contribution in [0.5, 0.6) is 0 Å². The van der Waals surface area contributed by atoms with Gasteiger partial charge in [0.2, 0.25) is 5.82 Å². The predicted octanol–water partition coefficient (Wildman–Crippen LogP) is 4.34. The maximum Gasteiger partial charge on any atom is 0.200 e. The van der Waals surface area contributed by atoms with E-state index in [1.165, 1.54) is 0 Å². The summed E-state index contributed by atoms with van der Waals surface area (Å²) >= 11 is 0. The lowest BCUT2D eigenvalue weighted by molar-refractivity contribution is 0.0583. The van der Waals surface area contributed by atoms with E-state index >= 15 is 0 Å². The summed E-state index contributed by atoms with van der Waals surface area (Å²) in [6, 6.07) is 0. The zero-order valence-corrected chi connectivity index (χ0v) is 15.7. The summed E-state index contributed by atoms with van der Waals surface area (Å²) in [4.78, 5) is 0. The fourth-order valence-electron chi connectivity index (χ4n) is 2.79. The van der Waals surface area contributed by atoms with E-state index in [2.05, 4.69) is 13.8 Å². The van der Waals surface area contributed by atoms with Crippen LogP contribution in [0.25, 0.3) is 0 Å². The fourth-order valence-corrected chi connectivity index (χ4v) is 3.57. The number of benzene rings is 1. The Labute approximate surface area is 136 Å². The van der Waals surface area contributed by atoms with Gasteiger partial charge in [0.15, 0.2) is 23.3 Å². The Morgan fingerprint density at radius 2 is 1.26 bits per heavy atom. The van der Waals surface area contributed by atoms with E-state index in [1.807, 2.05) is 0 Å². The Hall–Kier alpha value is -0.953. The fraction of sp³-hybridized carbons (Fsp3) is 0.625. The van der Waals surface area contributed by atoms with Crippen molar-refractivity contribution < 1.29 is 26.4 Å². The number of rotatable bonds is 9. The molecule has 0 fully saturated rings. The number of hydrogen-bond donors (Lipinski definition) is 0. The lowest BCUT2D eigenvalue weighted by atomic mass is 9.90. The smallest absolute Gasteiger partial charge is 0.200 e. The van der Waals surface area contributed by atoms with Crippen molar-refractivity contribution in [3.63, 3.8) is 0 Å². The lowest BCUT2D eigenvalue weighted by Crippen LogP contribution is -2.30. The second kappa shape index (κ2) is 8.77. The number of halogens is 5. The first-order valence-electron chi connectivity index (χ1n) is 7.89. The zero-order valence-electron chi connectivity index (χ0n) is 13.7. The molecular weight excluding hydrogens is 331 g/mol. The molecule has 0 N–H and O–H groups in total. The largest absolute Gasteiger partial charge is 0.422 e. The third-order valence-electron chi connectivity index (χ3n) is 4.58. The van der Waals surface area contributed by atoms with E-state index in [0.29, 0.717) is 23.3 Å². The zero-order chi connectivity index (χ0) is 17.6. The number of hydrogen-bond acceptors (Lipinski definition) is 1. The van der Waals surface area contributed by atoms with Crippen molar-refractivity contribution in [2.45, 2.75) is 64.4 Å². The highest BCUT2D eigenvalue weighted by Crippen LogP contribution is 2.28. The van der Waals surface area contributed by atoms with Crippen LogP contribution in [0.1, 0.15) is 57.9 Å². The van der Waals surface area contributed by atoms with E-state index in [9.17, 15) is 22.0 Å². The van der Waals surface area contributed by atoms with E-state index < -0.39 is 34.6 Å². The summed E-state index contributed by atoms with van der Waals surface area (Å²) in [5.41, 5.74) is -0.866. The van der Waals surface area contributed by atoms with Crippen molar-refractivity contribution >= 4 is 10.5 Å². The van der Waals surface area contributed by atoms with Gasteiger partial charge in [0.05, 0.1) is 5.60 Å². The molecule has 0 atom stereocenters. The Morgan fingerprint density at radius 3 is 1.70 bits per heavy atom. The van der Waals surface area contributed by atoms with Crippen LogP contribution in [-0.2, 0) is 10.8 Å². The van der Waals surface area contributed by atoms with E-state index in [1.54, 1.807) is 0 Å². The first kappa shape index (κ1) is 20.1. The standard InChI is InChI=1S/C16H23F5OSi/c1-3-16(4-2,22-23)9-7-5-6-8-10-11(17)13(19)15(21)14(20)12(10)18/h3-9H2,1-2,23H3. The van der Waals surface area contributed by atoms with Crippen LogP contribution in [0, 0.1) is 29.1 Å². The summed E-state index contributed by atoms with van der Waals surface area (Å²) in [5.74, 6) is -9.30. The molecule has 1 aromatic rings. The molecule has 0 unspecified atom stereocenters. The highest BCUT2D eigenvalue weighted by molar-refractivity contribution is 5.98. The van der Waals surface area contributed by atoms with Gasteiger partial charge in [-0.3, -0.25) is 0 Å². The minimum atomic E-state index is -2.11. The van der Waals surface area contributed by atoms with Crippen LogP contribution in [0.15, 0.2) is 0 Å². The summed E-state index contributed by atoms with van der Waals surface area (Å²) in [7, 11) is 0.641.